The molecule has 0 fully saturated rings. The lowest BCUT2D eigenvalue weighted by atomic mass is 10.2. The summed E-state index contributed by atoms with van der Waals surface area (Å²) in [5.41, 5.74) is 0.0729. The van der Waals surface area contributed by atoms with Gasteiger partial charge in [-0.05, 0) is 37.3 Å². The zero-order valence-corrected chi connectivity index (χ0v) is 18.1. The number of rotatable bonds is 9. The molecule has 11 heteroatoms. The molecule has 31 heavy (non-hydrogen) atoms. The van der Waals surface area contributed by atoms with Crippen LogP contribution in [0.4, 0.5) is 11.4 Å². The van der Waals surface area contributed by atoms with E-state index in [-0.39, 0.29) is 21.8 Å². The highest BCUT2D eigenvalue weighted by Gasteiger charge is 2.23. The molecule has 1 atom stereocenters. The second-order valence-electron chi connectivity index (χ2n) is 6.46. The Morgan fingerprint density at radius 1 is 1.13 bits per heavy atom. The van der Waals surface area contributed by atoms with Gasteiger partial charge >= 0.3 is 5.97 Å². The van der Waals surface area contributed by atoms with Crippen molar-refractivity contribution in [2.45, 2.75) is 31.8 Å². The average molecular weight is 449 g/mol. The van der Waals surface area contributed by atoms with Gasteiger partial charge < -0.3 is 10.1 Å². The molecule has 0 aliphatic rings. The van der Waals surface area contributed by atoms with Crippen LogP contribution in [0.1, 0.15) is 31.1 Å². The molecule has 0 radical (unpaired) electrons. The number of benzene rings is 2. The molecular formula is C20H23N3O7S. The molecule has 10 nitrogen and oxygen atoms in total. The van der Waals surface area contributed by atoms with E-state index in [1.165, 1.54) is 59.8 Å². The van der Waals surface area contributed by atoms with Crippen molar-refractivity contribution < 1.29 is 27.7 Å². The highest BCUT2D eigenvalue weighted by molar-refractivity contribution is 7.89. The van der Waals surface area contributed by atoms with Crippen molar-refractivity contribution in [3.8, 4) is 0 Å². The first-order valence-corrected chi connectivity index (χ1v) is 10.9. The van der Waals surface area contributed by atoms with E-state index in [9.17, 15) is 28.1 Å². The maximum atomic E-state index is 12.5. The van der Waals surface area contributed by atoms with Crippen molar-refractivity contribution in [1.82, 2.24) is 4.31 Å². The number of anilines is 1. The van der Waals surface area contributed by atoms with Gasteiger partial charge in [-0.1, -0.05) is 19.9 Å². The second kappa shape index (κ2) is 10.1. The Labute approximate surface area is 180 Å². The molecule has 0 aromatic heterocycles. The van der Waals surface area contributed by atoms with E-state index in [2.05, 4.69) is 5.32 Å². The van der Waals surface area contributed by atoms with Gasteiger partial charge in [0.25, 0.3) is 11.6 Å². The number of ether oxygens (including phenoxy) is 1. The minimum atomic E-state index is -3.66. The van der Waals surface area contributed by atoms with Crippen LogP contribution >= 0.6 is 0 Å². The third-order valence-corrected chi connectivity index (χ3v) is 6.47. The summed E-state index contributed by atoms with van der Waals surface area (Å²) in [7, 11) is -3.66. The lowest BCUT2D eigenvalue weighted by Gasteiger charge is -2.18. The number of carbonyl (C=O) groups is 2. The molecule has 0 saturated heterocycles. The Hall–Kier alpha value is -3.31. The summed E-state index contributed by atoms with van der Waals surface area (Å²) >= 11 is 0. The minimum absolute atomic E-state index is 0.0456. The number of esters is 1. The second-order valence-corrected chi connectivity index (χ2v) is 8.40. The lowest BCUT2D eigenvalue weighted by molar-refractivity contribution is -0.384. The smallest absolute Gasteiger partial charge is 0.338 e. The Kier molecular flexibility index (Phi) is 7.83. The maximum Gasteiger partial charge on any atom is 0.338 e. The predicted molar refractivity (Wildman–Crippen MR) is 113 cm³/mol. The average Bonchev–Trinajstić information content (AvgIpc) is 2.74. The van der Waals surface area contributed by atoms with Gasteiger partial charge in [-0.3, -0.25) is 14.9 Å². The summed E-state index contributed by atoms with van der Waals surface area (Å²) < 4.78 is 31.4. The number of nitro benzene ring substituents is 1. The first-order chi connectivity index (χ1) is 14.6. The number of amides is 1. The third-order valence-electron chi connectivity index (χ3n) is 4.41. The topological polar surface area (TPSA) is 136 Å². The summed E-state index contributed by atoms with van der Waals surface area (Å²) in [5, 5.41) is 13.3. The number of nitro groups is 1. The largest absolute Gasteiger partial charge is 0.449 e. The summed E-state index contributed by atoms with van der Waals surface area (Å²) in [6.45, 7) is 5.45. The van der Waals surface area contributed by atoms with E-state index in [1.54, 1.807) is 13.8 Å². The Morgan fingerprint density at radius 2 is 1.74 bits per heavy atom. The van der Waals surface area contributed by atoms with Crippen molar-refractivity contribution in [3.63, 3.8) is 0 Å². The number of nitrogens with one attached hydrogen (secondary N) is 1. The molecule has 2 rings (SSSR count). The van der Waals surface area contributed by atoms with E-state index in [1.807, 2.05) is 0 Å². The van der Waals surface area contributed by atoms with Crippen LogP contribution in [0.25, 0.3) is 0 Å². The van der Waals surface area contributed by atoms with Crippen molar-refractivity contribution in [1.29, 1.82) is 0 Å². The van der Waals surface area contributed by atoms with Crippen molar-refractivity contribution >= 4 is 33.3 Å². The normalized spacial score (nSPS) is 12.3. The van der Waals surface area contributed by atoms with Crippen LogP contribution in [-0.2, 0) is 19.6 Å². The quantitative estimate of drug-likeness (QED) is 0.353. The molecule has 2 aromatic carbocycles. The molecule has 2 aromatic rings. The molecule has 0 spiro atoms. The van der Waals surface area contributed by atoms with Crippen molar-refractivity contribution in [3.05, 3.63) is 64.2 Å². The third kappa shape index (κ3) is 5.86. The molecule has 166 valence electrons. The first-order valence-electron chi connectivity index (χ1n) is 9.46. The van der Waals surface area contributed by atoms with Gasteiger partial charge in [-0.25, -0.2) is 13.2 Å². The Morgan fingerprint density at radius 3 is 2.29 bits per heavy atom. The fraction of sp³-hybridized carbons (Fsp3) is 0.300. The van der Waals surface area contributed by atoms with Gasteiger partial charge in [0.15, 0.2) is 6.10 Å². The van der Waals surface area contributed by atoms with E-state index >= 15 is 0 Å². The molecule has 0 aliphatic heterocycles. The van der Waals surface area contributed by atoms with Gasteiger partial charge in [0.05, 0.1) is 15.4 Å². The fourth-order valence-electron chi connectivity index (χ4n) is 2.70. The SMILES string of the molecule is CCN(CC)S(=O)(=O)c1ccc(C(=O)O[C@@H](C)C(=O)Nc2cccc([N+](=O)[O-])c2)cc1. The summed E-state index contributed by atoms with van der Waals surface area (Å²) in [6, 6.07) is 10.6. The monoisotopic (exact) mass is 449 g/mol. The number of hydrogen-bond donors (Lipinski definition) is 1. The fourth-order valence-corrected chi connectivity index (χ4v) is 4.16. The summed E-state index contributed by atoms with van der Waals surface area (Å²) in [4.78, 5) is 34.8. The molecule has 0 unspecified atom stereocenters. The van der Waals surface area contributed by atoms with Gasteiger partial charge in [0.1, 0.15) is 0 Å². The Bertz CT molecular complexity index is 1060. The molecule has 1 amide bonds. The standard InChI is InChI=1S/C20H23N3O7S/c1-4-22(5-2)31(28,29)18-11-9-15(10-12-18)20(25)30-14(3)19(24)21-16-7-6-8-17(13-16)23(26)27/h6-14H,4-5H2,1-3H3,(H,21,24)/t14-/m0/s1. The van der Waals surface area contributed by atoms with Crippen molar-refractivity contribution in [2.75, 3.05) is 18.4 Å². The Balaban J connectivity index is 2.05. The first kappa shape index (κ1) is 24.0. The predicted octanol–water partition coefficient (Wildman–Crippen LogP) is 2.81. The molecular weight excluding hydrogens is 426 g/mol. The van der Waals surface area contributed by atoms with E-state index in [0.717, 1.165) is 0 Å². The minimum Gasteiger partial charge on any atom is -0.449 e. The van der Waals surface area contributed by atoms with Crippen LogP contribution in [0.15, 0.2) is 53.4 Å². The molecule has 0 aliphatic carbocycles. The van der Waals surface area contributed by atoms with Crippen LogP contribution in [0.5, 0.6) is 0 Å². The molecule has 0 heterocycles. The zero-order chi connectivity index (χ0) is 23.2. The number of non-ortho nitro benzene ring substituents is 1. The van der Waals surface area contributed by atoms with Crippen molar-refractivity contribution in [2.24, 2.45) is 0 Å². The maximum absolute atomic E-state index is 12.5. The van der Waals surface area contributed by atoms with Crippen LogP contribution in [0.2, 0.25) is 0 Å². The number of carbonyl (C=O) groups excluding carboxylic acids is 2. The summed E-state index contributed by atoms with van der Waals surface area (Å²) in [5.74, 6) is -1.48. The molecule has 0 bridgehead atoms. The lowest BCUT2D eigenvalue weighted by Crippen LogP contribution is -2.31. The van der Waals surface area contributed by atoms with Gasteiger partial charge in [0.2, 0.25) is 10.0 Å². The van der Waals surface area contributed by atoms with Crippen LogP contribution in [-0.4, -0.2) is 48.7 Å². The van der Waals surface area contributed by atoms with Crippen LogP contribution in [0, 0.1) is 10.1 Å². The zero-order valence-electron chi connectivity index (χ0n) is 17.3. The molecule has 1 N–H and O–H groups in total. The van der Waals surface area contributed by atoms with Gasteiger partial charge in [-0.2, -0.15) is 4.31 Å². The number of sulfonamides is 1. The summed E-state index contributed by atoms with van der Waals surface area (Å²) in [6.07, 6.45) is -1.19. The van der Waals surface area contributed by atoms with E-state index in [4.69, 9.17) is 4.74 Å². The molecule has 0 saturated carbocycles. The highest BCUT2D eigenvalue weighted by atomic mass is 32.2. The number of nitrogens with zero attached hydrogens (tertiary/aromatic N) is 2. The van der Waals surface area contributed by atoms with E-state index < -0.39 is 32.9 Å². The van der Waals surface area contributed by atoms with Gasteiger partial charge in [0, 0.05) is 30.9 Å². The van der Waals surface area contributed by atoms with Crippen LogP contribution < -0.4 is 5.32 Å². The van der Waals surface area contributed by atoms with E-state index in [0.29, 0.717) is 13.1 Å². The van der Waals surface area contributed by atoms with Gasteiger partial charge in [-0.15, -0.1) is 0 Å². The number of hydrogen-bond acceptors (Lipinski definition) is 7. The van der Waals surface area contributed by atoms with Crippen LogP contribution in [0.3, 0.4) is 0 Å². The highest BCUT2D eigenvalue weighted by Crippen LogP contribution is 2.19.